The summed E-state index contributed by atoms with van der Waals surface area (Å²) in [4.78, 5) is 21.8. The molecule has 0 spiro atoms. The summed E-state index contributed by atoms with van der Waals surface area (Å²) in [5.41, 5.74) is 0. The fourth-order valence-electron chi connectivity index (χ4n) is 5.69. The Kier molecular flexibility index (Phi) is 51.0. The number of ether oxygens (including phenoxy) is 1. The number of aliphatic carboxylic acids is 1. The summed E-state index contributed by atoms with van der Waals surface area (Å²) in [5.74, 6) is -0.655. The van der Waals surface area contributed by atoms with Gasteiger partial charge in [0.15, 0.2) is 0 Å². The van der Waals surface area contributed by atoms with Crippen molar-refractivity contribution in [2.45, 2.75) is 239 Å². The summed E-state index contributed by atoms with van der Waals surface area (Å²) in [5, 5.41) is 8.52. The number of carbonyl (C=O) groups excluding carboxylic acids is 1. The van der Waals surface area contributed by atoms with Gasteiger partial charge in [-0.2, -0.15) is 0 Å². The first-order valence-corrected chi connectivity index (χ1v) is 20.0. The van der Waals surface area contributed by atoms with E-state index in [0.717, 1.165) is 32.1 Å². The molecule has 1 N–H and O–H groups in total. The van der Waals surface area contributed by atoms with Gasteiger partial charge in [-0.1, -0.05) is 207 Å². The summed E-state index contributed by atoms with van der Waals surface area (Å²) in [7, 11) is 0. The first kappa shape index (κ1) is 49.6. The minimum absolute atomic E-state index is 0. The van der Waals surface area contributed by atoms with Crippen LogP contribution in [0.25, 0.3) is 0 Å². The maximum Gasteiger partial charge on any atom is 2.00 e. The largest absolute Gasteiger partial charge is 2.00 e. The molecule has 4 nitrogen and oxygen atoms in total. The minimum atomic E-state index is -0.653. The van der Waals surface area contributed by atoms with Crippen molar-refractivity contribution in [1.82, 2.24) is 0 Å². The van der Waals surface area contributed by atoms with E-state index in [2.05, 4.69) is 20.8 Å². The first-order valence-electron chi connectivity index (χ1n) is 20.0. The van der Waals surface area contributed by atoms with E-state index in [0.29, 0.717) is 19.4 Å². The minimum Gasteiger partial charge on any atom is -1.00 e. The molecule has 0 bridgehead atoms. The zero-order chi connectivity index (χ0) is 32.6. The van der Waals surface area contributed by atoms with Crippen molar-refractivity contribution in [3.8, 4) is 0 Å². The number of carboxylic acids is 1. The van der Waals surface area contributed by atoms with Crippen LogP contribution in [0.15, 0.2) is 0 Å². The fourth-order valence-corrected chi connectivity index (χ4v) is 5.69. The molecule has 0 rings (SSSR count). The van der Waals surface area contributed by atoms with Gasteiger partial charge in [0, 0.05) is 12.8 Å². The van der Waals surface area contributed by atoms with Gasteiger partial charge in [0.1, 0.15) is 0 Å². The van der Waals surface area contributed by atoms with E-state index >= 15 is 0 Å². The second-order valence-corrected chi connectivity index (χ2v) is 13.4. The number of hydrogen-bond acceptors (Lipinski definition) is 3. The summed E-state index contributed by atoms with van der Waals surface area (Å²) in [6.45, 7) is 7.27. The molecule has 0 aliphatic heterocycles. The molecule has 0 saturated heterocycles. The Morgan fingerprint density at radius 1 is 0.400 bits per heavy atom. The third kappa shape index (κ3) is 51.2. The predicted molar refractivity (Wildman–Crippen MR) is 201 cm³/mol. The van der Waals surface area contributed by atoms with E-state index in [1.165, 1.54) is 173 Å². The zero-order valence-corrected chi connectivity index (χ0v) is 33.3. The molecule has 0 aliphatic carbocycles. The van der Waals surface area contributed by atoms with Gasteiger partial charge in [-0.25, -0.2) is 0 Å². The second-order valence-electron chi connectivity index (χ2n) is 13.4. The number of unbranched alkanes of at least 4 members (excludes halogenated alkanes) is 29. The molecular weight excluding hydrogens is 585 g/mol. The maximum absolute atomic E-state index is 11.4. The van der Waals surface area contributed by atoms with Gasteiger partial charge in [0.2, 0.25) is 0 Å². The van der Waals surface area contributed by atoms with Gasteiger partial charge in [-0.3, -0.25) is 9.59 Å². The molecule has 0 heterocycles. The van der Waals surface area contributed by atoms with E-state index < -0.39 is 5.97 Å². The molecule has 0 aromatic rings. The SMILES string of the molecule is CCCCCCCCCCCCCCCCCC(=O)O.CCCCCCCCCCCCCCCCCC(=O)OCCCC.[Ca+2].[H-].[H-]. The monoisotopic (exact) mass is 667 g/mol. The zero-order valence-electron chi connectivity index (χ0n) is 33.1. The maximum atomic E-state index is 11.4. The number of carboxylic acid groups (broad SMARTS) is 1. The van der Waals surface area contributed by atoms with E-state index in [1.807, 2.05) is 0 Å². The van der Waals surface area contributed by atoms with E-state index in [1.54, 1.807) is 0 Å². The van der Waals surface area contributed by atoms with Crippen LogP contribution in [0.4, 0.5) is 0 Å². The summed E-state index contributed by atoms with van der Waals surface area (Å²) in [6.07, 6.45) is 43.3. The normalized spacial score (nSPS) is 10.6. The first-order chi connectivity index (χ1) is 21.6. The van der Waals surface area contributed by atoms with Crippen LogP contribution in [-0.4, -0.2) is 61.4 Å². The topological polar surface area (TPSA) is 63.6 Å². The predicted octanol–water partition coefficient (Wildman–Crippen LogP) is 13.8. The van der Waals surface area contributed by atoms with E-state index in [-0.39, 0.29) is 46.6 Å². The number of hydrogen-bond donors (Lipinski definition) is 1. The van der Waals surface area contributed by atoms with E-state index in [9.17, 15) is 9.59 Å². The van der Waals surface area contributed by atoms with Crippen LogP contribution in [0, 0.1) is 0 Å². The molecule has 5 heteroatoms. The quantitative estimate of drug-likeness (QED) is 0.0415. The third-order valence-corrected chi connectivity index (χ3v) is 8.74. The Morgan fingerprint density at radius 2 is 0.644 bits per heavy atom. The summed E-state index contributed by atoms with van der Waals surface area (Å²) < 4.78 is 5.16. The van der Waals surface area contributed by atoms with E-state index in [4.69, 9.17) is 9.84 Å². The molecule has 0 aromatic carbocycles. The third-order valence-electron chi connectivity index (χ3n) is 8.74. The molecule has 0 amide bonds. The van der Waals surface area contributed by atoms with Crippen molar-refractivity contribution >= 4 is 49.7 Å². The molecule has 0 saturated carbocycles. The van der Waals surface area contributed by atoms with Crippen LogP contribution < -0.4 is 0 Å². The Balaban J connectivity index is -0.000000239. The van der Waals surface area contributed by atoms with Gasteiger partial charge in [-0.15, -0.1) is 0 Å². The number of esters is 1. The fraction of sp³-hybridized carbons (Fsp3) is 0.950. The number of rotatable bonds is 35. The van der Waals surface area contributed by atoms with Crippen molar-refractivity contribution in [1.29, 1.82) is 0 Å². The Bertz CT molecular complexity index is 566. The van der Waals surface area contributed by atoms with Gasteiger partial charge in [0.25, 0.3) is 0 Å². The standard InChI is InChI=1S/C22H44O2.C18H36O2.Ca.2H/c1-3-5-7-8-9-10-11-12-13-14-15-16-17-18-19-20-22(23)24-21-6-4-2;1-2-3-4-5-6-7-8-9-10-11-12-13-14-15-16-17-18(19)20;;;/h3-21H2,1-2H3;2-17H2,1H3,(H,19,20);;;/q;;+2;2*-1. The van der Waals surface area contributed by atoms with Crippen LogP contribution >= 0.6 is 0 Å². The number of carbonyl (C=O) groups is 2. The van der Waals surface area contributed by atoms with Gasteiger partial charge in [0.05, 0.1) is 6.61 Å². The Morgan fingerprint density at radius 3 is 0.911 bits per heavy atom. The van der Waals surface area contributed by atoms with Gasteiger partial charge < -0.3 is 12.7 Å². The average molecular weight is 667 g/mol. The van der Waals surface area contributed by atoms with Crippen molar-refractivity contribution in [2.75, 3.05) is 6.61 Å². The average Bonchev–Trinajstić information content (AvgIpc) is 3.01. The Hall–Kier alpha value is 0.200. The molecular formula is C40H82CaO4. The molecule has 0 atom stereocenters. The van der Waals surface area contributed by atoms with Crippen LogP contribution in [-0.2, 0) is 14.3 Å². The molecule has 45 heavy (non-hydrogen) atoms. The summed E-state index contributed by atoms with van der Waals surface area (Å²) >= 11 is 0. The molecule has 0 aliphatic rings. The van der Waals surface area contributed by atoms with Crippen LogP contribution in [0.3, 0.4) is 0 Å². The molecule has 0 radical (unpaired) electrons. The molecule has 0 aromatic heterocycles. The van der Waals surface area contributed by atoms with Crippen LogP contribution in [0.2, 0.25) is 0 Å². The molecule has 0 unspecified atom stereocenters. The summed E-state index contributed by atoms with van der Waals surface area (Å²) in [6, 6.07) is 0. The van der Waals surface area contributed by atoms with Crippen molar-refractivity contribution in [3.05, 3.63) is 0 Å². The van der Waals surface area contributed by atoms with Gasteiger partial charge in [-0.05, 0) is 19.3 Å². The Labute approximate surface area is 315 Å². The smallest absolute Gasteiger partial charge is 1.00 e. The second kappa shape index (κ2) is 46.3. The van der Waals surface area contributed by atoms with Crippen LogP contribution in [0.1, 0.15) is 242 Å². The van der Waals surface area contributed by atoms with Crippen molar-refractivity contribution in [2.24, 2.45) is 0 Å². The molecule has 268 valence electrons. The van der Waals surface area contributed by atoms with Crippen molar-refractivity contribution < 1.29 is 22.3 Å². The van der Waals surface area contributed by atoms with Crippen molar-refractivity contribution in [3.63, 3.8) is 0 Å². The molecule has 0 fully saturated rings. The van der Waals surface area contributed by atoms with Crippen LogP contribution in [0.5, 0.6) is 0 Å². The van der Waals surface area contributed by atoms with Gasteiger partial charge >= 0.3 is 49.7 Å².